The van der Waals surface area contributed by atoms with Gasteiger partial charge in [-0.2, -0.15) is 4.98 Å². The first-order valence-electron chi connectivity index (χ1n) is 6.59. The molecule has 2 rings (SSSR count). The number of rotatable bonds is 6. The van der Waals surface area contributed by atoms with Gasteiger partial charge in [0.15, 0.2) is 0 Å². The monoisotopic (exact) mass is 276 g/mol. The third-order valence-electron chi connectivity index (χ3n) is 2.71. The van der Waals surface area contributed by atoms with Crippen LogP contribution in [-0.2, 0) is 6.42 Å². The van der Waals surface area contributed by atoms with Crippen LogP contribution >= 0.6 is 11.3 Å². The number of anilines is 1. The fourth-order valence-electron chi connectivity index (χ4n) is 1.92. The zero-order valence-electron chi connectivity index (χ0n) is 11.6. The van der Waals surface area contributed by atoms with E-state index in [1.54, 1.807) is 0 Å². The Bertz CT molecular complexity index is 524. The molecule has 0 aliphatic carbocycles. The fraction of sp³-hybridized carbons (Fsp3) is 0.400. The van der Waals surface area contributed by atoms with E-state index in [0.717, 1.165) is 12.2 Å². The van der Waals surface area contributed by atoms with Gasteiger partial charge in [-0.25, -0.2) is 0 Å². The van der Waals surface area contributed by atoms with Gasteiger partial charge in [0.2, 0.25) is 5.88 Å². The van der Waals surface area contributed by atoms with Crippen molar-refractivity contribution in [1.82, 2.24) is 4.98 Å². The van der Waals surface area contributed by atoms with Crippen LogP contribution in [0.5, 0.6) is 5.88 Å². The molecule has 19 heavy (non-hydrogen) atoms. The highest BCUT2D eigenvalue weighted by atomic mass is 32.1. The summed E-state index contributed by atoms with van der Waals surface area (Å²) >= 11 is 1.85. The molecule has 102 valence electrons. The lowest BCUT2D eigenvalue weighted by atomic mass is 10.2. The molecule has 0 amide bonds. The lowest BCUT2D eigenvalue weighted by Crippen LogP contribution is -2.18. The number of nitrogens with one attached hydrogen (secondary N) is 1. The summed E-state index contributed by atoms with van der Waals surface area (Å²) in [5, 5.41) is 3.41. The predicted octanol–water partition coefficient (Wildman–Crippen LogP) is 3.89. The van der Waals surface area contributed by atoms with Gasteiger partial charge in [-0.15, -0.1) is 11.3 Å². The first kappa shape index (κ1) is 13.9. The van der Waals surface area contributed by atoms with E-state index in [1.807, 2.05) is 36.5 Å². The first-order valence-corrected chi connectivity index (χ1v) is 7.40. The Labute approximate surface area is 118 Å². The Balaban J connectivity index is 1.94. The van der Waals surface area contributed by atoms with Crippen molar-refractivity contribution in [3.63, 3.8) is 0 Å². The number of nitrogens with zero attached hydrogens (tertiary/aromatic N) is 1. The normalized spacial score (nSPS) is 12.2. The quantitative estimate of drug-likeness (QED) is 0.869. The van der Waals surface area contributed by atoms with Crippen LogP contribution < -0.4 is 10.1 Å². The zero-order chi connectivity index (χ0) is 13.7. The van der Waals surface area contributed by atoms with Gasteiger partial charge in [0.1, 0.15) is 5.82 Å². The number of aromatic nitrogens is 1. The van der Waals surface area contributed by atoms with E-state index in [1.165, 1.54) is 9.75 Å². The van der Waals surface area contributed by atoms with Gasteiger partial charge in [-0.05, 0) is 39.0 Å². The topological polar surface area (TPSA) is 34.1 Å². The first-order chi connectivity index (χ1) is 9.17. The van der Waals surface area contributed by atoms with Crippen LogP contribution in [0.3, 0.4) is 0 Å². The summed E-state index contributed by atoms with van der Waals surface area (Å²) in [6.45, 7) is 6.91. The number of aryl methyl sites for hydroxylation is 1. The second kappa shape index (κ2) is 6.57. The average molecular weight is 276 g/mol. The summed E-state index contributed by atoms with van der Waals surface area (Å²) in [5.41, 5.74) is 0. The van der Waals surface area contributed by atoms with Gasteiger partial charge in [0.05, 0.1) is 6.61 Å². The third kappa shape index (κ3) is 4.24. The molecule has 0 saturated heterocycles. The largest absolute Gasteiger partial charge is 0.478 e. The van der Waals surface area contributed by atoms with Crippen molar-refractivity contribution in [3.05, 3.63) is 40.1 Å². The zero-order valence-corrected chi connectivity index (χ0v) is 12.5. The maximum Gasteiger partial charge on any atom is 0.215 e. The molecule has 2 heterocycles. The summed E-state index contributed by atoms with van der Waals surface area (Å²) in [7, 11) is 0. The van der Waals surface area contributed by atoms with Crippen molar-refractivity contribution < 1.29 is 4.74 Å². The van der Waals surface area contributed by atoms with Crippen LogP contribution in [0.1, 0.15) is 23.6 Å². The van der Waals surface area contributed by atoms with Gasteiger partial charge in [-0.3, -0.25) is 0 Å². The van der Waals surface area contributed by atoms with E-state index in [2.05, 4.69) is 36.3 Å². The van der Waals surface area contributed by atoms with E-state index in [4.69, 9.17) is 4.74 Å². The summed E-state index contributed by atoms with van der Waals surface area (Å²) in [4.78, 5) is 7.18. The minimum absolute atomic E-state index is 0.349. The second-order valence-electron chi connectivity index (χ2n) is 4.56. The van der Waals surface area contributed by atoms with E-state index >= 15 is 0 Å². The lowest BCUT2D eigenvalue weighted by Gasteiger charge is -2.14. The van der Waals surface area contributed by atoms with Gasteiger partial charge in [-0.1, -0.05) is 6.07 Å². The van der Waals surface area contributed by atoms with Crippen molar-refractivity contribution in [3.8, 4) is 5.88 Å². The van der Waals surface area contributed by atoms with Crippen LogP contribution in [0.15, 0.2) is 30.3 Å². The number of ether oxygens (including phenoxy) is 1. The van der Waals surface area contributed by atoms with Crippen molar-refractivity contribution in [1.29, 1.82) is 0 Å². The number of hydrogen-bond acceptors (Lipinski definition) is 4. The van der Waals surface area contributed by atoms with Gasteiger partial charge in [0.25, 0.3) is 0 Å². The predicted molar refractivity (Wildman–Crippen MR) is 81.3 cm³/mol. The SMILES string of the molecule is CCOc1cccc(NC(C)Cc2ccc(C)s2)n1. The molecule has 0 aliphatic heterocycles. The van der Waals surface area contributed by atoms with Crippen molar-refractivity contribution in [2.75, 3.05) is 11.9 Å². The van der Waals surface area contributed by atoms with Crippen molar-refractivity contribution in [2.24, 2.45) is 0 Å². The fourth-order valence-corrected chi connectivity index (χ4v) is 2.94. The molecule has 0 fully saturated rings. The Kier molecular flexibility index (Phi) is 4.80. The van der Waals surface area contributed by atoms with E-state index in [9.17, 15) is 0 Å². The molecular weight excluding hydrogens is 256 g/mol. The smallest absolute Gasteiger partial charge is 0.215 e. The van der Waals surface area contributed by atoms with Crippen LogP contribution in [-0.4, -0.2) is 17.6 Å². The number of thiophene rings is 1. The van der Waals surface area contributed by atoms with E-state index in [-0.39, 0.29) is 0 Å². The lowest BCUT2D eigenvalue weighted by molar-refractivity contribution is 0.327. The summed E-state index contributed by atoms with van der Waals surface area (Å²) < 4.78 is 5.40. The molecule has 0 aromatic carbocycles. The minimum atomic E-state index is 0.349. The summed E-state index contributed by atoms with van der Waals surface area (Å²) in [5.74, 6) is 1.54. The molecule has 2 aromatic rings. The van der Waals surface area contributed by atoms with Gasteiger partial charge in [0, 0.05) is 28.3 Å². The highest BCUT2D eigenvalue weighted by Gasteiger charge is 2.06. The summed E-state index contributed by atoms with van der Waals surface area (Å²) in [6, 6.07) is 10.5. The van der Waals surface area contributed by atoms with Gasteiger partial charge < -0.3 is 10.1 Å². The van der Waals surface area contributed by atoms with Gasteiger partial charge >= 0.3 is 0 Å². The highest BCUT2D eigenvalue weighted by Crippen LogP contribution is 2.18. The molecule has 0 saturated carbocycles. The standard InChI is InChI=1S/C15H20N2OS/c1-4-18-15-7-5-6-14(17-15)16-11(2)10-13-9-8-12(3)19-13/h5-9,11H,4,10H2,1-3H3,(H,16,17). The van der Waals surface area contributed by atoms with Crippen LogP contribution in [0.4, 0.5) is 5.82 Å². The molecule has 0 aliphatic rings. The molecule has 3 nitrogen and oxygen atoms in total. The molecule has 0 bridgehead atoms. The molecular formula is C15H20N2OS. The molecule has 2 aromatic heterocycles. The summed E-state index contributed by atoms with van der Waals surface area (Å²) in [6.07, 6.45) is 1.01. The molecule has 1 atom stereocenters. The molecule has 0 radical (unpaired) electrons. The number of pyridine rings is 1. The number of hydrogen-bond donors (Lipinski definition) is 1. The van der Waals surface area contributed by atoms with E-state index in [0.29, 0.717) is 18.5 Å². The maximum atomic E-state index is 5.40. The molecule has 4 heteroatoms. The van der Waals surface area contributed by atoms with Crippen LogP contribution in [0.2, 0.25) is 0 Å². The second-order valence-corrected chi connectivity index (χ2v) is 5.93. The van der Waals surface area contributed by atoms with Crippen molar-refractivity contribution >= 4 is 17.2 Å². The van der Waals surface area contributed by atoms with Crippen molar-refractivity contribution in [2.45, 2.75) is 33.2 Å². The maximum absolute atomic E-state index is 5.40. The highest BCUT2D eigenvalue weighted by molar-refractivity contribution is 7.11. The van der Waals surface area contributed by atoms with Crippen LogP contribution in [0.25, 0.3) is 0 Å². The Morgan fingerprint density at radius 1 is 1.32 bits per heavy atom. The van der Waals surface area contributed by atoms with E-state index < -0.39 is 0 Å². The molecule has 1 unspecified atom stereocenters. The Morgan fingerprint density at radius 2 is 2.16 bits per heavy atom. The van der Waals surface area contributed by atoms with Crippen LogP contribution in [0, 0.1) is 6.92 Å². The Morgan fingerprint density at radius 3 is 2.84 bits per heavy atom. The Hall–Kier alpha value is -1.55. The molecule has 0 spiro atoms. The minimum Gasteiger partial charge on any atom is -0.478 e. The third-order valence-corrected chi connectivity index (χ3v) is 3.74. The molecule has 1 N–H and O–H groups in total. The average Bonchev–Trinajstić information content (AvgIpc) is 2.75.